The molecule has 0 atom stereocenters. The Labute approximate surface area is 123 Å². The Morgan fingerprint density at radius 1 is 1.19 bits per heavy atom. The summed E-state index contributed by atoms with van der Waals surface area (Å²) in [5, 5.41) is 14.0. The lowest BCUT2D eigenvalue weighted by molar-refractivity contribution is 0.408. The number of hydrogen-bond donors (Lipinski definition) is 1. The lowest BCUT2D eigenvalue weighted by Crippen LogP contribution is -2.24. The van der Waals surface area contributed by atoms with E-state index in [9.17, 15) is 5.11 Å². The second-order valence-electron chi connectivity index (χ2n) is 5.18. The fourth-order valence-electron chi connectivity index (χ4n) is 2.54. The number of phenolic OH excluding ortho intramolecular Hbond substituents is 1. The monoisotopic (exact) mass is 289 g/mol. The van der Waals surface area contributed by atoms with Gasteiger partial charge in [0.25, 0.3) is 11.8 Å². The molecule has 6 nitrogen and oxygen atoms in total. The fraction of sp³-hybridized carbons (Fsp3) is 0.467. The van der Waals surface area contributed by atoms with Crippen molar-refractivity contribution in [3.05, 3.63) is 18.2 Å². The number of phenols is 1. The van der Waals surface area contributed by atoms with E-state index in [2.05, 4.69) is 15.0 Å². The first-order chi connectivity index (χ1) is 10.3. The number of methoxy groups -OCH3 is 1. The number of anilines is 1. The van der Waals surface area contributed by atoms with Gasteiger partial charge in [-0.05, 0) is 36.2 Å². The Balaban J connectivity index is 1.87. The summed E-state index contributed by atoms with van der Waals surface area (Å²) in [5.74, 6) is 1.64. The molecule has 0 aliphatic carbocycles. The highest BCUT2D eigenvalue weighted by Gasteiger charge is 2.18. The van der Waals surface area contributed by atoms with Crippen molar-refractivity contribution in [2.24, 2.45) is 0 Å². The maximum atomic E-state index is 9.95. The van der Waals surface area contributed by atoms with Crippen LogP contribution in [0.3, 0.4) is 0 Å². The number of nitrogens with zero attached hydrogens (tertiary/aromatic N) is 3. The third-order valence-electron chi connectivity index (χ3n) is 3.74. The molecule has 0 radical (unpaired) electrons. The highest BCUT2D eigenvalue weighted by atomic mass is 16.5. The zero-order valence-corrected chi connectivity index (χ0v) is 12.1. The van der Waals surface area contributed by atoms with Gasteiger partial charge in [-0.3, -0.25) is 0 Å². The van der Waals surface area contributed by atoms with Gasteiger partial charge in [0.15, 0.2) is 0 Å². The van der Waals surface area contributed by atoms with Crippen LogP contribution in [0.4, 0.5) is 5.95 Å². The first kappa shape index (κ1) is 13.7. The maximum absolute atomic E-state index is 9.95. The summed E-state index contributed by atoms with van der Waals surface area (Å²) in [6.07, 6.45) is 4.79. The molecule has 1 aliphatic rings. The highest BCUT2D eigenvalue weighted by Crippen LogP contribution is 2.32. The minimum absolute atomic E-state index is 0.0990. The Morgan fingerprint density at radius 2 is 1.95 bits per heavy atom. The van der Waals surface area contributed by atoms with Crippen molar-refractivity contribution >= 4 is 5.95 Å². The van der Waals surface area contributed by atoms with Gasteiger partial charge in [-0.15, -0.1) is 0 Å². The zero-order chi connectivity index (χ0) is 14.7. The molecule has 21 heavy (non-hydrogen) atoms. The van der Waals surface area contributed by atoms with Crippen molar-refractivity contribution in [1.29, 1.82) is 0 Å². The third-order valence-corrected chi connectivity index (χ3v) is 3.74. The summed E-state index contributed by atoms with van der Waals surface area (Å²) in [6.45, 7) is 1.89. The van der Waals surface area contributed by atoms with Crippen molar-refractivity contribution in [1.82, 2.24) is 10.1 Å². The van der Waals surface area contributed by atoms with E-state index >= 15 is 0 Å². The first-order valence-corrected chi connectivity index (χ1v) is 7.24. The molecule has 2 heterocycles. The van der Waals surface area contributed by atoms with E-state index in [1.165, 1.54) is 12.8 Å². The second-order valence-corrected chi connectivity index (χ2v) is 5.18. The van der Waals surface area contributed by atoms with E-state index in [4.69, 9.17) is 9.26 Å². The topological polar surface area (TPSA) is 71.6 Å². The molecule has 3 rings (SSSR count). The van der Waals surface area contributed by atoms with Crippen LogP contribution in [-0.4, -0.2) is 35.4 Å². The average Bonchev–Trinajstić information content (AvgIpc) is 2.83. The third kappa shape index (κ3) is 2.94. The van der Waals surface area contributed by atoms with Crippen LogP contribution in [0.15, 0.2) is 22.7 Å². The van der Waals surface area contributed by atoms with Crippen molar-refractivity contribution in [3.8, 4) is 23.0 Å². The summed E-state index contributed by atoms with van der Waals surface area (Å²) >= 11 is 0. The molecule has 1 aromatic heterocycles. The molecule has 0 amide bonds. The molecule has 2 aromatic rings. The van der Waals surface area contributed by atoms with Gasteiger partial charge in [0.1, 0.15) is 11.5 Å². The second kappa shape index (κ2) is 6.03. The van der Waals surface area contributed by atoms with E-state index in [1.807, 2.05) is 0 Å². The number of ether oxygens (including phenoxy) is 1. The summed E-state index contributed by atoms with van der Waals surface area (Å²) in [5.41, 5.74) is 0.489. The molecule has 1 aromatic carbocycles. The van der Waals surface area contributed by atoms with Crippen LogP contribution in [0.25, 0.3) is 11.5 Å². The number of benzene rings is 1. The predicted molar refractivity (Wildman–Crippen MR) is 78.6 cm³/mol. The van der Waals surface area contributed by atoms with Crippen LogP contribution in [-0.2, 0) is 0 Å². The highest BCUT2D eigenvalue weighted by molar-refractivity contribution is 5.65. The van der Waals surface area contributed by atoms with Gasteiger partial charge in [-0.1, -0.05) is 12.8 Å². The zero-order valence-electron chi connectivity index (χ0n) is 12.1. The number of aromatic hydroxyl groups is 1. The molecule has 112 valence electrons. The minimum Gasteiger partial charge on any atom is -0.507 e. The van der Waals surface area contributed by atoms with Crippen LogP contribution in [0.5, 0.6) is 11.5 Å². The van der Waals surface area contributed by atoms with E-state index in [0.29, 0.717) is 23.2 Å². The van der Waals surface area contributed by atoms with Gasteiger partial charge in [0, 0.05) is 13.1 Å². The van der Waals surface area contributed by atoms with Crippen LogP contribution in [0, 0.1) is 0 Å². The van der Waals surface area contributed by atoms with E-state index in [1.54, 1.807) is 25.3 Å². The first-order valence-electron chi connectivity index (χ1n) is 7.24. The standard InChI is InChI=1S/C15H19N3O3/c1-20-11-6-7-13(19)12(10-11)14-16-15(17-21-14)18-8-4-2-3-5-9-18/h6-7,10,19H,2-5,8-9H2,1H3. The van der Waals surface area contributed by atoms with Crippen molar-refractivity contribution < 1.29 is 14.4 Å². The molecular weight excluding hydrogens is 270 g/mol. The largest absolute Gasteiger partial charge is 0.507 e. The Morgan fingerprint density at radius 3 is 2.67 bits per heavy atom. The molecule has 6 heteroatoms. The summed E-state index contributed by atoms with van der Waals surface area (Å²) in [6, 6.07) is 4.93. The SMILES string of the molecule is COc1ccc(O)c(-c2nc(N3CCCCCC3)no2)c1. The van der Waals surface area contributed by atoms with Crippen molar-refractivity contribution in [3.63, 3.8) is 0 Å². The van der Waals surface area contributed by atoms with E-state index < -0.39 is 0 Å². The molecule has 0 spiro atoms. The quantitative estimate of drug-likeness (QED) is 0.936. The molecule has 0 bridgehead atoms. The summed E-state index contributed by atoms with van der Waals surface area (Å²) in [7, 11) is 1.58. The minimum atomic E-state index is 0.0990. The van der Waals surface area contributed by atoms with Gasteiger partial charge in [-0.25, -0.2) is 0 Å². The number of rotatable bonds is 3. The van der Waals surface area contributed by atoms with Gasteiger partial charge in [0.05, 0.1) is 12.7 Å². The van der Waals surface area contributed by atoms with Crippen LogP contribution < -0.4 is 9.64 Å². The molecule has 1 fully saturated rings. The van der Waals surface area contributed by atoms with Gasteiger partial charge >= 0.3 is 0 Å². The molecule has 0 saturated carbocycles. The van der Waals surface area contributed by atoms with Gasteiger partial charge < -0.3 is 19.3 Å². The van der Waals surface area contributed by atoms with Gasteiger partial charge in [0.2, 0.25) is 0 Å². The summed E-state index contributed by atoms with van der Waals surface area (Å²) < 4.78 is 10.5. The predicted octanol–water partition coefficient (Wildman–Crippen LogP) is 2.83. The normalized spacial score (nSPS) is 15.8. The van der Waals surface area contributed by atoms with Gasteiger partial charge in [-0.2, -0.15) is 4.98 Å². The molecule has 1 aliphatic heterocycles. The molecule has 1 N–H and O–H groups in total. The lowest BCUT2D eigenvalue weighted by Gasteiger charge is -2.16. The summed E-state index contributed by atoms with van der Waals surface area (Å²) in [4.78, 5) is 6.55. The van der Waals surface area contributed by atoms with Crippen molar-refractivity contribution in [2.45, 2.75) is 25.7 Å². The smallest absolute Gasteiger partial charge is 0.266 e. The van der Waals surface area contributed by atoms with Crippen LogP contribution in [0.2, 0.25) is 0 Å². The molecular formula is C15H19N3O3. The van der Waals surface area contributed by atoms with Crippen molar-refractivity contribution in [2.75, 3.05) is 25.1 Å². The maximum Gasteiger partial charge on any atom is 0.266 e. The Hall–Kier alpha value is -2.24. The molecule has 1 saturated heterocycles. The van der Waals surface area contributed by atoms with Crippen LogP contribution >= 0.6 is 0 Å². The average molecular weight is 289 g/mol. The lowest BCUT2D eigenvalue weighted by atomic mass is 10.2. The number of hydrogen-bond acceptors (Lipinski definition) is 6. The Bertz CT molecular complexity index is 604. The van der Waals surface area contributed by atoms with E-state index in [0.717, 1.165) is 25.9 Å². The van der Waals surface area contributed by atoms with Crippen LogP contribution in [0.1, 0.15) is 25.7 Å². The number of aromatic nitrogens is 2. The molecule has 0 unspecified atom stereocenters. The van der Waals surface area contributed by atoms with E-state index in [-0.39, 0.29) is 5.75 Å². The fourth-order valence-corrected chi connectivity index (χ4v) is 2.54. The Kier molecular flexibility index (Phi) is 3.94.